The van der Waals surface area contributed by atoms with Crippen molar-refractivity contribution < 1.29 is 0 Å². The summed E-state index contributed by atoms with van der Waals surface area (Å²) in [5.41, 5.74) is 3.61. The fourth-order valence-electron chi connectivity index (χ4n) is 2.94. The molecule has 0 aliphatic rings. The Kier molecular flexibility index (Phi) is 4.12. The van der Waals surface area contributed by atoms with Gasteiger partial charge >= 0.3 is 0 Å². The normalized spacial score (nSPS) is 11.3. The van der Waals surface area contributed by atoms with Crippen LogP contribution in [0.15, 0.2) is 91.0 Å². The lowest BCUT2D eigenvalue weighted by Crippen LogP contribution is -2.31. The van der Waals surface area contributed by atoms with E-state index in [-0.39, 0.29) is 5.41 Å². The minimum Gasteiger partial charge on any atom is -0.178 e. The molecule has 0 aromatic heterocycles. The second kappa shape index (κ2) is 6.19. The van der Waals surface area contributed by atoms with E-state index in [4.69, 9.17) is 12.6 Å². The van der Waals surface area contributed by atoms with Gasteiger partial charge in [0, 0.05) is 5.75 Å². The van der Waals surface area contributed by atoms with Crippen molar-refractivity contribution >= 4 is 12.6 Å². The van der Waals surface area contributed by atoms with Crippen LogP contribution in [0.3, 0.4) is 0 Å². The average molecular weight is 290 g/mol. The lowest BCUT2D eigenvalue weighted by atomic mass is 9.71. The molecule has 0 spiro atoms. The summed E-state index contributed by atoms with van der Waals surface area (Å²) >= 11 is 4.74. The van der Waals surface area contributed by atoms with E-state index in [1.807, 2.05) is 0 Å². The fraction of sp³-hybridized carbons (Fsp3) is 0.100. The highest BCUT2D eigenvalue weighted by molar-refractivity contribution is 7.80. The highest BCUT2D eigenvalue weighted by Crippen LogP contribution is 2.39. The Morgan fingerprint density at radius 3 is 1.05 bits per heavy atom. The molecule has 0 saturated carbocycles. The van der Waals surface area contributed by atoms with E-state index >= 15 is 0 Å². The first-order chi connectivity index (χ1) is 10.4. The van der Waals surface area contributed by atoms with Crippen LogP contribution in [0.4, 0.5) is 0 Å². The maximum Gasteiger partial charge on any atom is 0.0538 e. The van der Waals surface area contributed by atoms with Crippen molar-refractivity contribution in [3.63, 3.8) is 0 Å². The van der Waals surface area contributed by atoms with E-state index in [0.29, 0.717) is 0 Å². The summed E-state index contributed by atoms with van der Waals surface area (Å²) in [4.78, 5) is 0. The molecule has 104 valence electrons. The quantitative estimate of drug-likeness (QED) is 0.510. The predicted molar refractivity (Wildman–Crippen MR) is 93.1 cm³/mol. The highest BCUT2D eigenvalue weighted by Gasteiger charge is 2.34. The summed E-state index contributed by atoms with van der Waals surface area (Å²) in [6.07, 6.45) is 0. The van der Waals surface area contributed by atoms with Gasteiger partial charge in [0.2, 0.25) is 0 Å². The summed E-state index contributed by atoms with van der Waals surface area (Å²) in [6.45, 7) is 0. The third-order valence-electron chi connectivity index (χ3n) is 4.04. The largest absolute Gasteiger partial charge is 0.178 e. The van der Waals surface area contributed by atoms with Crippen LogP contribution >= 0.6 is 12.6 Å². The molecule has 0 radical (unpaired) electrons. The Balaban J connectivity index is 2.29. The third-order valence-corrected chi connectivity index (χ3v) is 4.51. The van der Waals surface area contributed by atoms with Gasteiger partial charge < -0.3 is 0 Å². The number of thiol groups is 1. The number of benzene rings is 3. The van der Waals surface area contributed by atoms with E-state index in [1.54, 1.807) is 0 Å². The van der Waals surface area contributed by atoms with Crippen LogP contribution in [0, 0.1) is 0 Å². The van der Waals surface area contributed by atoms with E-state index < -0.39 is 0 Å². The van der Waals surface area contributed by atoms with Crippen molar-refractivity contribution in [1.29, 1.82) is 0 Å². The van der Waals surface area contributed by atoms with Crippen LogP contribution in [0.1, 0.15) is 16.7 Å². The maximum absolute atomic E-state index is 4.74. The second-order valence-electron chi connectivity index (χ2n) is 5.16. The van der Waals surface area contributed by atoms with Gasteiger partial charge in [-0.05, 0) is 16.7 Å². The van der Waals surface area contributed by atoms with Crippen molar-refractivity contribution in [1.82, 2.24) is 0 Å². The zero-order valence-electron chi connectivity index (χ0n) is 11.8. The summed E-state index contributed by atoms with van der Waals surface area (Å²) in [7, 11) is 0. The molecular weight excluding hydrogens is 272 g/mol. The summed E-state index contributed by atoms with van der Waals surface area (Å²) in [5, 5.41) is 0. The molecule has 0 amide bonds. The molecule has 0 nitrogen and oxygen atoms in total. The molecule has 3 aromatic carbocycles. The topological polar surface area (TPSA) is 0 Å². The first kappa shape index (κ1) is 14.0. The maximum atomic E-state index is 4.74. The molecule has 21 heavy (non-hydrogen) atoms. The van der Waals surface area contributed by atoms with Crippen molar-refractivity contribution in [2.75, 3.05) is 5.75 Å². The smallest absolute Gasteiger partial charge is 0.0538 e. The van der Waals surface area contributed by atoms with Gasteiger partial charge in [-0.3, -0.25) is 0 Å². The number of hydrogen-bond acceptors (Lipinski definition) is 1. The lowest BCUT2D eigenvalue weighted by Gasteiger charge is -2.34. The Bertz CT molecular complexity index is 578. The Hall–Kier alpha value is -1.99. The van der Waals surface area contributed by atoms with Crippen LogP contribution in [0.2, 0.25) is 0 Å². The average Bonchev–Trinajstić information content (AvgIpc) is 2.59. The van der Waals surface area contributed by atoms with Gasteiger partial charge in [0.1, 0.15) is 0 Å². The zero-order valence-corrected chi connectivity index (χ0v) is 12.7. The molecule has 0 N–H and O–H groups in total. The Morgan fingerprint density at radius 2 is 0.810 bits per heavy atom. The monoisotopic (exact) mass is 290 g/mol. The van der Waals surface area contributed by atoms with Crippen LogP contribution < -0.4 is 0 Å². The van der Waals surface area contributed by atoms with E-state index in [1.165, 1.54) is 16.7 Å². The third kappa shape index (κ3) is 2.50. The molecule has 0 heterocycles. The van der Waals surface area contributed by atoms with Gasteiger partial charge in [-0.15, -0.1) is 0 Å². The zero-order chi connectivity index (χ0) is 14.5. The van der Waals surface area contributed by atoms with Crippen molar-refractivity contribution in [2.24, 2.45) is 0 Å². The van der Waals surface area contributed by atoms with Crippen LogP contribution in [0.5, 0.6) is 0 Å². The van der Waals surface area contributed by atoms with Gasteiger partial charge in [0.15, 0.2) is 0 Å². The molecule has 0 fully saturated rings. The van der Waals surface area contributed by atoms with Gasteiger partial charge in [-0.1, -0.05) is 91.0 Å². The van der Waals surface area contributed by atoms with Crippen LogP contribution in [-0.2, 0) is 5.41 Å². The number of rotatable bonds is 4. The standard InChI is InChI=1S/C20H18S/c21-16-20(17-10-4-1-5-11-17,18-12-6-2-7-13-18)19-14-8-3-9-15-19/h1-15,21H,16H2. The van der Waals surface area contributed by atoms with E-state index in [2.05, 4.69) is 91.0 Å². The van der Waals surface area contributed by atoms with Gasteiger partial charge in [-0.2, -0.15) is 12.6 Å². The first-order valence-corrected chi connectivity index (χ1v) is 7.78. The van der Waals surface area contributed by atoms with Crippen molar-refractivity contribution in [2.45, 2.75) is 5.41 Å². The summed E-state index contributed by atoms with van der Waals surface area (Å²) in [5.74, 6) is 0.727. The molecular formula is C20H18S. The molecule has 0 aliphatic carbocycles. The highest BCUT2D eigenvalue weighted by atomic mass is 32.1. The number of hydrogen-bond donors (Lipinski definition) is 1. The fourth-order valence-corrected chi connectivity index (χ4v) is 3.49. The Morgan fingerprint density at radius 1 is 0.524 bits per heavy atom. The van der Waals surface area contributed by atoms with E-state index in [9.17, 15) is 0 Å². The molecule has 0 atom stereocenters. The SMILES string of the molecule is SCC(c1ccccc1)(c1ccccc1)c1ccccc1. The second-order valence-corrected chi connectivity index (χ2v) is 5.48. The lowest BCUT2D eigenvalue weighted by molar-refractivity contribution is 0.707. The van der Waals surface area contributed by atoms with Crippen LogP contribution in [-0.4, -0.2) is 5.75 Å². The molecule has 3 rings (SSSR count). The minimum atomic E-state index is -0.215. The molecule has 0 unspecified atom stereocenters. The molecule has 0 bridgehead atoms. The van der Waals surface area contributed by atoms with Gasteiger partial charge in [0.25, 0.3) is 0 Å². The minimum absolute atomic E-state index is 0.215. The van der Waals surface area contributed by atoms with Crippen molar-refractivity contribution in [3.05, 3.63) is 108 Å². The van der Waals surface area contributed by atoms with Gasteiger partial charge in [0.05, 0.1) is 5.41 Å². The molecule has 0 aliphatic heterocycles. The predicted octanol–water partition coefficient (Wildman–Crippen LogP) is 4.95. The summed E-state index contributed by atoms with van der Waals surface area (Å²) < 4.78 is 0. The first-order valence-electron chi connectivity index (χ1n) is 7.15. The molecule has 1 heteroatoms. The Labute approximate surface area is 131 Å². The summed E-state index contributed by atoms with van der Waals surface area (Å²) in [6, 6.07) is 31.9. The van der Waals surface area contributed by atoms with Gasteiger partial charge in [-0.25, -0.2) is 0 Å². The molecule has 0 saturated heterocycles. The van der Waals surface area contributed by atoms with Crippen molar-refractivity contribution in [3.8, 4) is 0 Å². The molecule has 3 aromatic rings. The van der Waals surface area contributed by atoms with E-state index in [0.717, 1.165) is 5.75 Å². The van der Waals surface area contributed by atoms with Crippen LogP contribution in [0.25, 0.3) is 0 Å².